The molecular weight excluding hydrogens is 337 g/mol. The summed E-state index contributed by atoms with van der Waals surface area (Å²) >= 11 is 11.9. The smallest absolute Gasteiger partial charge is 0.307 e. The van der Waals surface area contributed by atoms with Crippen molar-refractivity contribution in [3.05, 3.63) is 59.0 Å². The number of rotatable bonds is 3. The minimum atomic E-state index is -0.435. The van der Waals surface area contributed by atoms with Gasteiger partial charge in [-0.1, -0.05) is 23.2 Å². The second-order valence-electron chi connectivity index (χ2n) is 4.80. The third-order valence-electron chi connectivity index (χ3n) is 3.18. The van der Waals surface area contributed by atoms with Gasteiger partial charge in [-0.05, 0) is 30.3 Å². The van der Waals surface area contributed by atoms with Crippen molar-refractivity contribution >= 4 is 40.6 Å². The standard InChI is InChI=1S/C15H13Cl2N5O/c1-21-14(22-6-2-3-7-22)13(9-18-21)20-15(23)19-12-8-10(16)4-5-11(12)17/h2-9H,1H3,(H2,19,20,23). The summed E-state index contributed by atoms with van der Waals surface area (Å²) in [7, 11) is 1.80. The Morgan fingerprint density at radius 1 is 1.13 bits per heavy atom. The molecule has 0 spiro atoms. The molecule has 0 saturated carbocycles. The Morgan fingerprint density at radius 2 is 1.83 bits per heavy atom. The van der Waals surface area contributed by atoms with Crippen molar-refractivity contribution < 1.29 is 4.79 Å². The van der Waals surface area contributed by atoms with Crippen LogP contribution in [-0.4, -0.2) is 20.4 Å². The minimum Gasteiger partial charge on any atom is -0.307 e. The van der Waals surface area contributed by atoms with E-state index in [0.29, 0.717) is 21.4 Å². The Bertz CT molecular complexity index is 842. The molecule has 0 fully saturated rings. The van der Waals surface area contributed by atoms with Gasteiger partial charge in [0.15, 0.2) is 5.82 Å². The molecule has 2 amide bonds. The summed E-state index contributed by atoms with van der Waals surface area (Å²) in [6.07, 6.45) is 5.32. The van der Waals surface area contributed by atoms with Crippen LogP contribution in [0.3, 0.4) is 0 Å². The van der Waals surface area contributed by atoms with Crippen molar-refractivity contribution in [3.63, 3.8) is 0 Å². The average Bonchev–Trinajstić information content (AvgIpc) is 3.13. The molecule has 2 N–H and O–H groups in total. The molecule has 1 aromatic carbocycles. The van der Waals surface area contributed by atoms with E-state index < -0.39 is 6.03 Å². The van der Waals surface area contributed by atoms with E-state index in [9.17, 15) is 4.79 Å². The second kappa shape index (κ2) is 6.36. The molecule has 6 nitrogen and oxygen atoms in total. The highest BCUT2D eigenvalue weighted by molar-refractivity contribution is 6.35. The number of carbonyl (C=O) groups is 1. The molecule has 23 heavy (non-hydrogen) atoms. The molecule has 0 saturated heterocycles. The molecule has 8 heteroatoms. The fourth-order valence-corrected chi connectivity index (χ4v) is 2.51. The van der Waals surface area contributed by atoms with Crippen LogP contribution >= 0.6 is 23.2 Å². The largest absolute Gasteiger partial charge is 0.323 e. The van der Waals surface area contributed by atoms with Gasteiger partial charge in [-0.3, -0.25) is 4.68 Å². The Balaban J connectivity index is 1.80. The normalized spacial score (nSPS) is 10.6. The lowest BCUT2D eigenvalue weighted by atomic mass is 10.3. The van der Waals surface area contributed by atoms with E-state index in [2.05, 4.69) is 15.7 Å². The molecular formula is C15H13Cl2N5O. The Hall–Kier alpha value is -2.44. The predicted octanol–water partition coefficient (Wildman–Crippen LogP) is 4.16. The highest BCUT2D eigenvalue weighted by Gasteiger charge is 2.13. The minimum absolute atomic E-state index is 0.404. The maximum atomic E-state index is 12.2. The Kier molecular flexibility index (Phi) is 4.27. The van der Waals surface area contributed by atoms with Crippen molar-refractivity contribution in [1.82, 2.24) is 14.3 Å². The van der Waals surface area contributed by atoms with Crippen molar-refractivity contribution in [2.45, 2.75) is 0 Å². The van der Waals surface area contributed by atoms with Crippen molar-refractivity contribution in [1.29, 1.82) is 0 Å². The lowest BCUT2D eigenvalue weighted by Crippen LogP contribution is -2.20. The molecule has 3 aromatic rings. The molecule has 0 aliphatic carbocycles. The number of hydrogen-bond donors (Lipinski definition) is 2. The molecule has 0 radical (unpaired) electrons. The van der Waals surface area contributed by atoms with E-state index in [4.69, 9.17) is 23.2 Å². The van der Waals surface area contributed by atoms with Gasteiger partial charge in [-0.25, -0.2) is 4.79 Å². The van der Waals surface area contributed by atoms with Gasteiger partial charge >= 0.3 is 6.03 Å². The van der Waals surface area contributed by atoms with E-state index >= 15 is 0 Å². The molecule has 0 aliphatic rings. The third-order valence-corrected chi connectivity index (χ3v) is 3.75. The Labute approximate surface area is 142 Å². The SMILES string of the molecule is Cn1ncc(NC(=O)Nc2cc(Cl)ccc2Cl)c1-n1cccc1. The monoisotopic (exact) mass is 349 g/mol. The summed E-state index contributed by atoms with van der Waals surface area (Å²) in [4.78, 5) is 12.2. The molecule has 118 valence electrons. The van der Waals surface area contributed by atoms with Gasteiger partial charge < -0.3 is 15.2 Å². The first-order valence-electron chi connectivity index (χ1n) is 6.73. The first-order chi connectivity index (χ1) is 11.0. The summed E-state index contributed by atoms with van der Waals surface area (Å²) in [6, 6.07) is 8.20. The van der Waals surface area contributed by atoms with Crippen LogP contribution in [0.5, 0.6) is 0 Å². The van der Waals surface area contributed by atoms with Gasteiger partial charge in [-0.15, -0.1) is 0 Å². The van der Waals surface area contributed by atoms with Crippen LogP contribution in [0, 0.1) is 0 Å². The highest BCUT2D eigenvalue weighted by Crippen LogP contribution is 2.26. The number of carbonyl (C=O) groups excluding carboxylic acids is 1. The molecule has 2 aromatic heterocycles. The molecule has 0 unspecified atom stereocenters. The van der Waals surface area contributed by atoms with Crippen LogP contribution in [0.2, 0.25) is 10.0 Å². The quantitative estimate of drug-likeness (QED) is 0.745. The lowest BCUT2D eigenvalue weighted by Gasteiger charge is -2.11. The number of nitrogens with one attached hydrogen (secondary N) is 2. The average molecular weight is 350 g/mol. The van der Waals surface area contributed by atoms with Crippen LogP contribution in [0.4, 0.5) is 16.2 Å². The van der Waals surface area contributed by atoms with Crippen molar-refractivity contribution in [2.24, 2.45) is 7.05 Å². The van der Waals surface area contributed by atoms with Crippen LogP contribution in [0.15, 0.2) is 48.9 Å². The number of nitrogens with zero attached hydrogens (tertiary/aromatic N) is 3. The zero-order chi connectivity index (χ0) is 16.4. The number of benzene rings is 1. The van der Waals surface area contributed by atoms with E-state index in [1.54, 1.807) is 36.1 Å². The Morgan fingerprint density at radius 3 is 2.57 bits per heavy atom. The summed E-state index contributed by atoms with van der Waals surface area (Å²) in [5.41, 5.74) is 1.00. The lowest BCUT2D eigenvalue weighted by molar-refractivity contribution is 0.262. The van der Waals surface area contributed by atoms with Crippen LogP contribution in [0.25, 0.3) is 5.82 Å². The van der Waals surface area contributed by atoms with E-state index in [1.165, 1.54) is 0 Å². The molecule has 0 aliphatic heterocycles. The van der Waals surface area contributed by atoms with Gasteiger partial charge in [0.25, 0.3) is 0 Å². The van der Waals surface area contributed by atoms with E-state index in [1.807, 2.05) is 29.1 Å². The number of hydrogen-bond acceptors (Lipinski definition) is 2. The fourth-order valence-electron chi connectivity index (χ4n) is 2.17. The number of amides is 2. The molecule has 0 atom stereocenters. The zero-order valence-electron chi connectivity index (χ0n) is 12.1. The van der Waals surface area contributed by atoms with Gasteiger partial charge in [0.2, 0.25) is 0 Å². The van der Waals surface area contributed by atoms with Gasteiger partial charge in [0.05, 0.1) is 16.9 Å². The third kappa shape index (κ3) is 3.33. The van der Waals surface area contributed by atoms with E-state index in [-0.39, 0.29) is 0 Å². The number of aryl methyl sites for hydroxylation is 1. The van der Waals surface area contributed by atoms with Crippen LogP contribution in [-0.2, 0) is 7.05 Å². The van der Waals surface area contributed by atoms with E-state index in [0.717, 1.165) is 5.82 Å². The number of aromatic nitrogens is 3. The van der Waals surface area contributed by atoms with Gasteiger partial charge in [0, 0.05) is 24.5 Å². The molecule has 3 rings (SSSR count). The van der Waals surface area contributed by atoms with Crippen molar-refractivity contribution in [3.8, 4) is 5.82 Å². The highest BCUT2D eigenvalue weighted by atomic mass is 35.5. The first kappa shape index (κ1) is 15.5. The zero-order valence-corrected chi connectivity index (χ0v) is 13.6. The summed E-state index contributed by atoms with van der Waals surface area (Å²) in [5.74, 6) is 0.738. The number of anilines is 2. The number of urea groups is 1. The second-order valence-corrected chi connectivity index (χ2v) is 5.64. The molecule has 0 bridgehead atoms. The summed E-state index contributed by atoms with van der Waals surface area (Å²) in [6.45, 7) is 0. The summed E-state index contributed by atoms with van der Waals surface area (Å²) < 4.78 is 3.52. The summed E-state index contributed by atoms with van der Waals surface area (Å²) in [5, 5.41) is 10.5. The maximum absolute atomic E-state index is 12.2. The van der Waals surface area contributed by atoms with Gasteiger partial charge in [0.1, 0.15) is 5.69 Å². The van der Waals surface area contributed by atoms with Crippen LogP contribution in [0.1, 0.15) is 0 Å². The topological polar surface area (TPSA) is 63.9 Å². The maximum Gasteiger partial charge on any atom is 0.323 e. The molecule has 2 heterocycles. The fraction of sp³-hybridized carbons (Fsp3) is 0.0667. The first-order valence-corrected chi connectivity index (χ1v) is 7.48. The number of halogens is 2. The predicted molar refractivity (Wildman–Crippen MR) is 91.6 cm³/mol. The van der Waals surface area contributed by atoms with Crippen molar-refractivity contribution in [2.75, 3.05) is 10.6 Å². The van der Waals surface area contributed by atoms with Gasteiger partial charge in [-0.2, -0.15) is 5.10 Å². The van der Waals surface area contributed by atoms with Crippen LogP contribution < -0.4 is 10.6 Å².